The van der Waals surface area contributed by atoms with Gasteiger partial charge in [0.1, 0.15) is 5.60 Å². The molecule has 1 amide bonds. The van der Waals surface area contributed by atoms with Gasteiger partial charge in [-0.15, -0.1) is 0 Å². The first kappa shape index (κ1) is 14.7. The second-order valence-corrected chi connectivity index (χ2v) is 5.17. The number of nitrogens with one attached hydrogen (secondary N) is 1. The summed E-state index contributed by atoms with van der Waals surface area (Å²) in [5.74, 6) is 0. The number of hydrogen-bond donors (Lipinski definition) is 1. The predicted octanol–water partition coefficient (Wildman–Crippen LogP) is 2.38. The highest BCUT2D eigenvalue weighted by atomic mass is 16.8. The van der Waals surface area contributed by atoms with Crippen LogP contribution in [-0.4, -0.2) is 23.5 Å². The summed E-state index contributed by atoms with van der Waals surface area (Å²) >= 11 is 0. The molecule has 0 aromatic rings. The van der Waals surface area contributed by atoms with Crippen LogP contribution in [0, 0.1) is 0 Å². The van der Waals surface area contributed by atoms with Crippen molar-refractivity contribution < 1.29 is 23.9 Å². The number of rotatable bonds is 1. The Morgan fingerprint density at radius 2 is 1.44 bits per heavy atom. The Hall–Kier alpha value is -1.30. The van der Waals surface area contributed by atoms with Gasteiger partial charge < -0.3 is 9.47 Å². The zero-order valence-electron chi connectivity index (χ0n) is 10.5. The minimum atomic E-state index is -1.07. The van der Waals surface area contributed by atoms with Crippen LogP contribution < -0.4 is 5.48 Å². The van der Waals surface area contributed by atoms with Gasteiger partial charge in [-0.05, 0) is 41.5 Å². The number of ether oxygens (including phenoxy) is 2. The molecule has 0 atom stereocenters. The largest absolute Gasteiger partial charge is 0.518 e. The molecular weight excluding hydrogens is 214 g/mol. The summed E-state index contributed by atoms with van der Waals surface area (Å²) in [5.41, 5.74) is 0.709. The Morgan fingerprint density at radius 1 is 0.938 bits per heavy atom. The second-order valence-electron chi connectivity index (χ2n) is 5.17. The third kappa shape index (κ3) is 9.26. The van der Waals surface area contributed by atoms with Crippen LogP contribution in [0.25, 0.3) is 0 Å². The maximum Gasteiger partial charge on any atom is 0.518 e. The summed E-state index contributed by atoms with van der Waals surface area (Å²) in [6.07, 6.45) is -2.08. The molecule has 0 aliphatic carbocycles. The van der Waals surface area contributed by atoms with Crippen molar-refractivity contribution in [2.75, 3.05) is 0 Å². The van der Waals surface area contributed by atoms with Crippen molar-refractivity contribution in [2.45, 2.75) is 52.7 Å². The van der Waals surface area contributed by atoms with E-state index >= 15 is 0 Å². The van der Waals surface area contributed by atoms with Gasteiger partial charge in [0, 0.05) is 0 Å². The summed E-state index contributed by atoms with van der Waals surface area (Å²) in [7, 11) is 0. The van der Waals surface area contributed by atoms with Crippen molar-refractivity contribution in [1.82, 2.24) is 5.48 Å². The normalized spacial score (nSPS) is 11.9. The van der Waals surface area contributed by atoms with Gasteiger partial charge in [-0.2, -0.15) is 5.48 Å². The fourth-order valence-corrected chi connectivity index (χ4v) is 0.562. The standard InChI is InChI=1S/C10H19NO5/c1-9(2,3)15-8(13)14-7(12)11-16-10(4,5)6/h1-6H3,(H,11,12). The van der Waals surface area contributed by atoms with Crippen LogP contribution in [0.2, 0.25) is 0 Å². The van der Waals surface area contributed by atoms with Gasteiger partial charge in [0.25, 0.3) is 0 Å². The Kier molecular flexibility index (Phi) is 4.74. The summed E-state index contributed by atoms with van der Waals surface area (Å²) in [5, 5.41) is 0. The van der Waals surface area contributed by atoms with Crippen molar-refractivity contribution in [3.63, 3.8) is 0 Å². The Labute approximate surface area is 95.2 Å². The van der Waals surface area contributed by atoms with Gasteiger partial charge in [-0.3, -0.25) is 4.84 Å². The molecule has 0 aromatic heterocycles. The maximum absolute atomic E-state index is 11.0. The summed E-state index contributed by atoms with van der Waals surface area (Å²) in [6, 6.07) is 0. The van der Waals surface area contributed by atoms with Crippen LogP contribution in [0.5, 0.6) is 0 Å². The second kappa shape index (κ2) is 5.16. The van der Waals surface area contributed by atoms with Crippen molar-refractivity contribution in [3.05, 3.63) is 0 Å². The van der Waals surface area contributed by atoms with E-state index in [0.717, 1.165) is 0 Å². The molecule has 0 saturated carbocycles. The molecule has 0 saturated heterocycles. The zero-order chi connectivity index (χ0) is 13.0. The van der Waals surface area contributed by atoms with E-state index in [-0.39, 0.29) is 0 Å². The molecule has 0 spiro atoms. The van der Waals surface area contributed by atoms with E-state index in [0.29, 0.717) is 0 Å². The topological polar surface area (TPSA) is 73.9 Å². The van der Waals surface area contributed by atoms with Crippen LogP contribution in [0.1, 0.15) is 41.5 Å². The van der Waals surface area contributed by atoms with Crippen LogP contribution in [0.4, 0.5) is 9.59 Å². The molecule has 6 heteroatoms. The first-order valence-electron chi connectivity index (χ1n) is 4.88. The lowest BCUT2D eigenvalue weighted by Gasteiger charge is -2.20. The molecule has 1 N–H and O–H groups in total. The van der Waals surface area contributed by atoms with Gasteiger partial charge in [0.15, 0.2) is 0 Å². The minimum Gasteiger partial charge on any atom is -0.428 e. The van der Waals surface area contributed by atoms with E-state index in [1.165, 1.54) is 0 Å². The average molecular weight is 233 g/mol. The molecule has 0 bridgehead atoms. The monoisotopic (exact) mass is 233 g/mol. The zero-order valence-corrected chi connectivity index (χ0v) is 10.5. The molecule has 0 aliphatic heterocycles. The average Bonchev–Trinajstić information content (AvgIpc) is 1.95. The summed E-state index contributed by atoms with van der Waals surface area (Å²) in [4.78, 5) is 26.9. The number of carbonyl (C=O) groups excluding carboxylic acids is 2. The molecule has 0 unspecified atom stereocenters. The number of amides is 1. The fourth-order valence-electron chi connectivity index (χ4n) is 0.562. The van der Waals surface area contributed by atoms with Crippen molar-refractivity contribution in [1.29, 1.82) is 0 Å². The van der Waals surface area contributed by atoms with Gasteiger partial charge in [-0.1, -0.05) is 0 Å². The molecule has 0 fully saturated rings. The molecular formula is C10H19NO5. The lowest BCUT2D eigenvalue weighted by molar-refractivity contribution is -0.0681. The number of hydroxylamine groups is 1. The first-order chi connectivity index (χ1) is 6.99. The van der Waals surface area contributed by atoms with E-state index in [9.17, 15) is 9.59 Å². The van der Waals surface area contributed by atoms with Gasteiger partial charge >= 0.3 is 12.2 Å². The van der Waals surface area contributed by atoms with Crippen molar-refractivity contribution in [2.24, 2.45) is 0 Å². The molecule has 0 radical (unpaired) electrons. The minimum absolute atomic E-state index is 0.563. The Morgan fingerprint density at radius 3 is 1.81 bits per heavy atom. The summed E-state index contributed by atoms with van der Waals surface area (Å²) < 4.78 is 9.05. The van der Waals surface area contributed by atoms with Crippen LogP contribution in [0.3, 0.4) is 0 Å². The van der Waals surface area contributed by atoms with Crippen LogP contribution in [0.15, 0.2) is 0 Å². The van der Waals surface area contributed by atoms with E-state index in [2.05, 4.69) is 4.74 Å². The van der Waals surface area contributed by atoms with Crippen LogP contribution in [-0.2, 0) is 14.3 Å². The van der Waals surface area contributed by atoms with Crippen molar-refractivity contribution >= 4 is 12.2 Å². The van der Waals surface area contributed by atoms with Crippen molar-refractivity contribution in [3.8, 4) is 0 Å². The third-order valence-electron chi connectivity index (χ3n) is 1.01. The lowest BCUT2D eigenvalue weighted by Crippen LogP contribution is -2.36. The first-order valence-corrected chi connectivity index (χ1v) is 4.88. The maximum atomic E-state index is 11.0. The highest BCUT2D eigenvalue weighted by molar-refractivity contribution is 5.80. The SMILES string of the molecule is CC(C)(C)ONC(=O)OC(=O)OC(C)(C)C. The predicted molar refractivity (Wildman–Crippen MR) is 56.7 cm³/mol. The molecule has 0 rings (SSSR count). The van der Waals surface area contributed by atoms with Gasteiger partial charge in [0.05, 0.1) is 5.60 Å². The van der Waals surface area contributed by atoms with E-state index in [1.807, 2.05) is 5.48 Å². The van der Waals surface area contributed by atoms with Gasteiger partial charge in [-0.25, -0.2) is 9.59 Å². The molecule has 0 heterocycles. The van der Waals surface area contributed by atoms with Gasteiger partial charge in [0.2, 0.25) is 0 Å². The molecule has 16 heavy (non-hydrogen) atoms. The molecule has 6 nitrogen and oxygen atoms in total. The molecule has 94 valence electrons. The fraction of sp³-hybridized carbons (Fsp3) is 0.800. The Balaban J connectivity index is 3.93. The number of carbonyl (C=O) groups is 2. The molecule has 0 aliphatic rings. The third-order valence-corrected chi connectivity index (χ3v) is 1.01. The molecule has 0 aromatic carbocycles. The smallest absolute Gasteiger partial charge is 0.428 e. The van der Waals surface area contributed by atoms with E-state index in [1.54, 1.807) is 41.5 Å². The number of hydrogen-bond acceptors (Lipinski definition) is 5. The summed E-state index contributed by atoms with van der Waals surface area (Å²) in [6.45, 7) is 10.2. The highest BCUT2D eigenvalue weighted by Crippen LogP contribution is 2.08. The highest BCUT2D eigenvalue weighted by Gasteiger charge is 2.21. The van der Waals surface area contributed by atoms with E-state index < -0.39 is 23.5 Å². The lowest BCUT2D eigenvalue weighted by atomic mass is 10.2. The Bertz CT molecular complexity index is 261. The quantitative estimate of drug-likeness (QED) is 0.427. The van der Waals surface area contributed by atoms with Crippen LogP contribution >= 0.6 is 0 Å². The van der Waals surface area contributed by atoms with E-state index in [4.69, 9.17) is 9.57 Å².